The van der Waals surface area contributed by atoms with Gasteiger partial charge in [0.25, 0.3) is 0 Å². The van der Waals surface area contributed by atoms with E-state index < -0.39 is 0 Å². The molecule has 1 aliphatic rings. The second-order valence-electron chi connectivity index (χ2n) is 7.22. The van der Waals surface area contributed by atoms with Crippen molar-refractivity contribution in [1.29, 1.82) is 0 Å². The number of ether oxygens (including phenoxy) is 2. The monoisotopic (exact) mass is 371 g/mol. The molecule has 3 rings (SSSR count). The molecule has 0 bridgehead atoms. The lowest BCUT2D eigenvalue weighted by molar-refractivity contribution is 0.0962. The Balaban J connectivity index is 1.25. The molecule has 0 spiro atoms. The number of aromatic nitrogens is 1. The van der Waals surface area contributed by atoms with E-state index in [0.29, 0.717) is 24.6 Å². The Bertz CT molecular complexity index is 677. The van der Waals surface area contributed by atoms with Crippen LogP contribution >= 0.6 is 0 Å². The van der Waals surface area contributed by atoms with Gasteiger partial charge in [-0.2, -0.15) is 0 Å². The Hall–Kier alpha value is -1.98. The molecule has 1 aliphatic heterocycles. The number of ketones is 1. The number of nitrogens with zero attached hydrogens (tertiary/aromatic N) is 1. The molecule has 1 fully saturated rings. The first kappa shape index (κ1) is 19.8. The van der Waals surface area contributed by atoms with Gasteiger partial charge >= 0.3 is 0 Å². The van der Waals surface area contributed by atoms with Crippen molar-refractivity contribution in [3.63, 3.8) is 0 Å². The third-order valence-electron chi connectivity index (χ3n) is 4.97. The smallest absolute Gasteiger partial charge is 0.184 e. The summed E-state index contributed by atoms with van der Waals surface area (Å²) in [5, 5.41) is 3.94. The molecule has 146 valence electrons. The Labute approximate surface area is 161 Å². The summed E-state index contributed by atoms with van der Waals surface area (Å²) in [5.74, 6) is 1.39. The minimum absolute atomic E-state index is 0.0752. The molecule has 1 saturated heterocycles. The van der Waals surface area contributed by atoms with Crippen LogP contribution in [0.5, 0.6) is 0 Å². The average molecular weight is 371 g/mol. The van der Waals surface area contributed by atoms with E-state index in [-0.39, 0.29) is 5.78 Å². The molecule has 5 heteroatoms. The molecule has 1 atom stereocenters. The molecule has 1 aromatic heterocycles. The Morgan fingerprint density at radius 1 is 1.19 bits per heavy atom. The molecular weight excluding hydrogens is 342 g/mol. The van der Waals surface area contributed by atoms with Crippen LogP contribution < -0.4 is 0 Å². The number of hydrogen-bond donors (Lipinski definition) is 0. The number of benzene rings is 1. The lowest BCUT2D eigenvalue weighted by atomic mass is 10.00. The number of hydrogen-bond acceptors (Lipinski definition) is 5. The van der Waals surface area contributed by atoms with Crippen LogP contribution in [-0.2, 0) is 22.5 Å². The van der Waals surface area contributed by atoms with E-state index in [1.54, 1.807) is 6.07 Å². The van der Waals surface area contributed by atoms with Crippen LogP contribution in [0.15, 0.2) is 40.9 Å². The highest BCUT2D eigenvalue weighted by molar-refractivity contribution is 5.94. The zero-order chi connectivity index (χ0) is 18.7. The SMILES string of the molecule is O=C(CCC1CCOC1)c1cc(CCCCCOCc2ccccc2)on1. The fraction of sp³-hybridized carbons (Fsp3) is 0.545. The second kappa shape index (κ2) is 11.0. The maximum absolute atomic E-state index is 12.2. The van der Waals surface area contributed by atoms with Gasteiger partial charge in [-0.15, -0.1) is 0 Å². The Morgan fingerprint density at radius 2 is 2.07 bits per heavy atom. The van der Waals surface area contributed by atoms with Crippen LogP contribution in [0.4, 0.5) is 0 Å². The van der Waals surface area contributed by atoms with E-state index in [4.69, 9.17) is 14.0 Å². The molecule has 0 N–H and O–H groups in total. The highest BCUT2D eigenvalue weighted by Crippen LogP contribution is 2.19. The molecule has 0 amide bonds. The normalized spacial score (nSPS) is 16.7. The van der Waals surface area contributed by atoms with Crippen molar-refractivity contribution in [2.24, 2.45) is 5.92 Å². The van der Waals surface area contributed by atoms with E-state index in [9.17, 15) is 4.79 Å². The molecule has 2 heterocycles. The third-order valence-corrected chi connectivity index (χ3v) is 4.97. The molecule has 1 unspecified atom stereocenters. The maximum Gasteiger partial charge on any atom is 0.184 e. The van der Waals surface area contributed by atoms with Gasteiger partial charge in [-0.25, -0.2) is 0 Å². The average Bonchev–Trinajstić information content (AvgIpc) is 3.38. The molecule has 0 saturated carbocycles. The predicted molar refractivity (Wildman–Crippen MR) is 103 cm³/mol. The summed E-state index contributed by atoms with van der Waals surface area (Å²) in [6.45, 7) is 3.04. The van der Waals surface area contributed by atoms with Gasteiger partial charge in [-0.1, -0.05) is 41.9 Å². The first-order valence-corrected chi connectivity index (χ1v) is 9.99. The molecule has 27 heavy (non-hydrogen) atoms. The third kappa shape index (κ3) is 6.92. The van der Waals surface area contributed by atoms with Gasteiger partial charge in [0.05, 0.1) is 6.61 Å². The van der Waals surface area contributed by atoms with E-state index in [2.05, 4.69) is 17.3 Å². The van der Waals surface area contributed by atoms with Crippen molar-refractivity contribution in [2.45, 2.75) is 51.6 Å². The zero-order valence-corrected chi connectivity index (χ0v) is 15.9. The Morgan fingerprint density at radius 3 is 2.89 bits per heavy atom. The fourth-order valence-electron chi connectivity index (χ4n) is 3.28. The summed E-state index contributed by atoms with van der Waals surface area (Å²) in [5.41, 5.74) is 1.67. The second-order valence-corrected chi connectivity index (χ2v) is 7.22. The van der Waals surface area contributed by atoms with Gasteiger partial charge in [0.1, 0.15) is 11.5 Å². The number of carbonyl (C=O) groups excluding carboxylic acids is 1. The standard InChI is InChI=1S/C22H29NO4/c24-22(11-10-19-12-14-26-17-19)21-15-20(27-23-21)9-5-2-6-13-25-16-18-7-3-1-4-8-18/h1,3-4,7-8,15,19H,2,5-6,9-14,16-17H2. The summed E-state index contributed by atoms with van der Waals surface area (Å²) >= 11 is 0. The number of carbonyl (C=O) groups is 1. The van der Waals surface area contributed by atoms with Gasteiger partial charge in [0.2, 0.25) is 0 Å². The molecule has 5 nitrogen and oxygen atoms in total. The molecule has 1 aromatic carbocycles. The number of unbranched alkanes of at least 4 members (excludes halogenated alkanes) is 2. The van der Waals surface area contributed by atoms with Crippen molar-refractivity contribution in [2.75, 3.05) is 19.8 Å². The topological polar surface area (TPSA) is 61.6 Å². The van der Waals surface area contributed by atoms with Crippen LogP contribution in [0.2, 0.25) is 0 Å². The quantitative estimate of drug-likeness (QED) is 0.403. The van der Waals surface area contributed by atoms with Gasteiger partial charge in [0.15, 0.2) is 5.78 Å². The van der Waals surface area contributed by atoms with Crippen molar-refractivity contribution in [3.8, 4) is 0 Å². The van der Waals surface area contributed by atoms with Crippen molar-refractivity contribution in [1.82, 2.24) is 5.16 Å². The minimum Gasteiger partial charge on any atom is -0.381 e. The largest absolute Gasteiger partial charge is 0.381 e. The van der Waals surface area contributed by atoms with Crippen molar-refractivity contribution in [3.05, 3.63) is 53.4 Å². The summed E-state index contributed by atoms with van der Waals surface area (Å²) in [6, 6.07) is 12.0. The first-order chi connectivity index (χ1) is 13.3. The molecule has 2 aromatic rings. The van der Waals surface area contributed by atoms with E-state index in [1.165, 1.54) is 5.56 Å². The lowest BCUT2D eigenvalue weighted by Crippen LogP contribution is -2.05. The van der Waals surface area contributed by atoms with E-state index >= 15 is 0 Å². The first-order valence-electron chi connectivity index (χ1n) is 9.99. The Kier molecular flexibility index (Phi) is 8.05. The number of Topliss-reactive ketones (excluding diaryl/α,β-unsaturated/α-hetero) is 1. The van der Waals surface area contributed by atoms with Crippen molar-refractivity contribution >= 4 is 5.78 Å². The number of rotatable bonds is 12. The van der Waals surface area contributed by atoms with Gasteiger partial charge in [-0.3, -0.25) is 4.79 Å². The van der Waals surface area contributed by atoms with Gasteiger partial charge < -0.3 is 14.0 Å². The van der Waals surface area contributed by atoms with Gasteiger partial charge in [0, 0.05) is 38.7 Å². The molecular formula is C22H29NO4. The van der Waals surface area contributed by atoms with E-state index in [0.717, 1.165) is 64.1 Å². The maximum atomic E-state index is 12.2. The molecule has 0 aliphatic carbocycles. The summed E-state index contributed by atoms with van der Waals surface area (Å²) in [6.07, 6.45) is 6.39. The highest BCUT2D eigenvalue weighted by atomic mass is 16.5. The van der Waals surface area contributed by atoms with Crippen LogP contribution in [0.1, 0.15) is 60.3 Å². The summed E-state index contributed by atoms with van der Waals surface area (Å²) in [4.78, 5) is 12.2. The lowest BCUT2D eigenvalue weighted by Gasteiger charge is -2.04. The zero-order valence-electron chi connectivity index (χ0n) is 15.9. The van der Waals surface area contributed by atoms with Crippen LogP contribution in [0.25, 0.3) is 0 Å². The summed E-state index contributed by atoms with van der Waals surface area (Å²) in [7, 11) is 0. The van der Waals surface area contributed by atoms with Crippen LogP contribution in [-0.4, -0.2) is 30.8 Å². The predicted octanol–water partition coefficient (Wildman–Crippen LogP) is 4.60. The van der Waals surface area contributed by atoms with Crippen LogP contribution in [0, 0.1) is 5.92 Å². The van der Waals surface area contributed by atoms with Gasteiger partial charge in [-0.05, 0) is 37.2 Å². The highest BCUT2D eigenvalue weighted by Gasteiger charge is 2.19. The summed E-state index contributed by atoms with van der Waals surface area (Å²) < 4.78 is 16.4. The van der Waals surface area contributed by atoms with E-state index in [1.807, 2.05) is 18.2 Å². The molecule has 0 radical (unpaired) electrons. The van der Waals surface area contributed by atoms with Crippen molar-refractivity contribution < 1.29 is 18.8 Å². The number of aryl methyl sites for hydroxylation is 1. The fourth-order valence-corrected chi connectivity index (χ4v) is 3.28. The van der Waals surface area contributed by atoms with Crippen LogP contribution in [0.3, 0.4) is 0 Å². The minimum atomic E-state index is 0.0752.